The minimum Gasteiger partial charge on any atom is -0.336 e. The smallest absolute Gasteiger partial charge is 0.274 e. The minimum absolute atomic E-state index is 0. The number of nitrogens with one attached hydrogen (secondary N) is 2. The van der Waals surface area contributed by atoms with E-state index >= 15 is 0 Å². The Bertz CT molecular complexity index is 1040. The number of rotatable bonds is 4. The Kier molecular flexibility index (Phi) is 6.10. The Hall–Kier alpha value is -2.64. The van der Waals surface area contributed by atoms with Gasteiger partial charge in [-0.3, -0.25) is 9.89 Å². The van der Waals surface area contributed by atoms with Gasteiger partial charge in [0, 0.05) is 55.6 Å². The second-order valence-corrected chi connectivity index (χ2v) is 7.46. The SMILES string of the molecule is Cc1ccccc1-n1nc(C)c(CN(C)C(=O)c2n[nH]c3c2CNCC3)c1C.Cl. The third-order valence-corrected chi connectivity index (χ3v) is 5.54. The number of aryl methyl sites for hydroxylation is 2. The highest BCUT2D eigenvalue weighted by molar-refractivity contribution is 5.93. The molecule has 1 amide bonds. The van der Waals surface area contributed by atoms with Crippen molar-refractivity contribution >= 4 is 18.3 Å². The van der Waals surface area contributed by atoms with Gasteiger partial charge < -0.3 is 10.2 Å². The van der Waals surface area contributed by atoms with Gasteiger partial charge >= 0.3 is 0 Å². The lowest BCUT2D eigenvalue weighted by Gasteiger charge is -2.18. The molecule has 7 nitrogen and oxygen atoms in total. The van der Waals surface area contributed by atoms with Gasteiger partial charge in [-0.05, 0) is 32.4 Å². The number of carbonyl (C=O) groups excluding carboxylic acids is 1. The highest BCUT2D eigenvalue weighted by Crippen LogP contribution is 2.23. The lowest BCUT2D eigenvalue weighted by atomic mass is 10.1. The first kappa shape index (κ1) is 21.1. The number of aromatic nitrogens is 4. The monoisotopic (exact) mass is 414 g/mol. The number of hydrogen-bond donors (Lipinski definition) is 2. The number of hydrogen-bond acceptors (Lipinski definition) is 4. The number of halogens is 1. The molecule has 0 saturated heterocycles. The summed E-state index contributed by atoms with van der Waals surface area (Å²) in [5, 5.41) is 15.4. The zero-order valence-electron chi connectivity index (χ0n) is 17.2. The lowest BCUT2D eigenvalue weighted by Crippen LogP contribution is -2.30. The topological polar surface area (TPSA) is 78.8 Å². The third kappa shape index (κ3) is 3.80. The van der Waals surface area contributed by atoms with E-state index in [-0.39, 0.29) is 18.3 Å². The molecular weight excluding hydrogens is 388 g/mol. The zero-order valence-corrected chi connectivity index (χ0v) is 18.1. The van der Waals surface area contributed by atoms with Crippen LogP contribution >= 0.6 is 12.4 Å². The van der Waals surface area contributed by atoms with Gasteiger partial charge in [0.25, 0.3) is 5.91 Å². The van der Waals surface area contributed by atoms with Crippen molar-refractivity contribution in [3.63, 3.8) is 0 Å². The van der Waals surface area contributed by atoms with Crippen LogP contribution in [0.3, 0.4) is 0 Å². The summed E-state index contributed by atoms with van der Waals surface area (Å²) in [6.07, 6.45) is 0.876. The Morgan fingerprint density at radius 3 is 2.76 bits per heavy atom. The predicted molar refractivity (Wildman–Crippen MR) is 115 cm³/mol. The molecule has 3 aromatic rings. The Morgan fingerprint density at radius 1 is 1.24 bits per heavy atom. The number of benzene rings is 1. The maximum absolute atomic E-state index is 13.0. The van der Waals surface area contributed by atoms with Gasteiger partial charge in [-0.2, -0.15) is 10.2 Å². The summed E-state index contributed by atoms with van der Waals surface area (Å²) >= 11 is 0. The second kappa shape index (κ2) is 8.39. The molecular formula is C21H27ClN6O. The number of para-hydroxylation sites is 1. The Morgan fingerprint density at radius 2 is 2.00 bits per heavy atom. The maximum atomic E-state index is 13.0. The molecule has 154 valence electrons. The van der Waals surface area contributed by atoms with Crippen molar-refractivity contribution in [2.75, 3.05) is 13.6 Å². The Balaban J connectivity index is 0.00000240. The van der Waals surface area contributed by atoms with Crippen LogP contribution in [0.4, 0.5) is 0 Å². The minimum atomic E-state index is -0.0661. The molecule has 0 saturated carbocycles. The second-order valence-electron chi connectivity index (χ2n) is 7.46. The molecule has 1 aliphatic heterocycles. The summed E-state index contributed by atoms with van der Waals surface area (Å²) in [4.78, 5) is 14.8. The van der Waals surface area contributed by atoms with E-state index < -0.39 is 0 Å². The number of H-pyrrole nitrogens is 1. The van der Waals surface area contributed by atoms with Gasteiger partial charge in [-0.25, -0.2) is 4.68 Å². The van der Waals surface area contributed by atoms with Crippen LogP contribution in [0.15, 0.2) is 24.3 Å². The van der Waals surface area contributed by atoms with E-state index in [1.807, 2.05) is 30.8 Å². The van der Waals surface area contributed by atoms with Gasteiger partial charge in [0.05, 0.1) is 11.4 Å². The van der Waals surface area contributed by atoms with Crippen molar-refractivity contribution in [1.82, 2.24) is 30.2 Å². The molecule has 0 unspecified atom stereocenters. The van der Waals surface area contributed by atoms with E-state index in [1.165, 1.54) is 5.56 Å². The Labute approximate surface area is 176 Å². The van der Waals surface area contributed by atoms with Crippen LogP contribution in [0.1, 0.15) is 44.3 Å². The van der Waals surface area contributed by atoms with Crippen LogP contribution in [0, 0.1) is 20.8 Å². The number of amides is 1. The molecule has 0 aliphatic carbocycles. The van der Waals surface area contributed by atoms with Crippen LogP contribution in [0.25, 0.3) is 5.69 Å². The summed E-state index contributed by atoms with van der Waals surface area (Å²) in [7, 11) is 1.82. The fourth-order valence-corrected chi connectivity index (χ4v) is 3.83. The predicted octanol–water partition coefficient (Wildman–Crippen LogP) is 2.86. The van der Waals surface area contributed by atoms with Crippen LogP contribution in [-0.4, -0.2) is 44.4 Å². The average Bonchev–Trinajstić information content (AvgIpc) is 3.24. The van der Waals surface area contributed by atoms with Gasteiger partial charge in [0.1, 0.15) is 0 Å². The summed E-state index contributed by atoms with van der Waals surface area (Å²) in [6, 6.07) is 8.19. The van der Waals surface area contributed by atoms with Crippen molar-refractivity contribution < 1.29 is 4.79 Å². The van der Waals surface area contributed by atoms with Gasteiger partial charge in [0.15, 0.2) is 5.69 Å². The molecule has 3 heterocycles. The molecule has 4 rings (SSSR count). The number of fused-ring (bicyclic) bond motifs is 1. The molecule has 0 atom stereocenters. The van der Waals surface area contributed by atoms with E-state index in [0.29, 0.717) is 18.8 Å². The van der Waals surface area contributed by atoms with Crippen molar-refractivity contribution in [3.05, 3.63) is 63.7 Å². The molecule has 29 heavy (non-hydrogen) atoms. The molecule has 0 bridgehead atoms. The van der Waals surface area contributed by atoms with E-state index in [1.54, 1.807) is 4.90 Å². The fraction of sp³-hybridized carbons (Fsp3) is 0.381. The molecule has 0 spiro atoms. The van der Waals surface area contributed by atoms with Crippen molar-refractivity contribution in [1.29, 1.82) is 0 Å². The van der Waals surface area contributed by atoms with Gasteiger partial charge in [-0.1, -0.05) is 18.2 Å². The molecule has 1 aliphatic rings. The van der Waals surface area contributed by atoms with Gasteiger partial charge in [-0.15, -0.1) is 12.4 Å². The number of aromatic amines is 1. The first-order chi connectivity index (χ1) is 13.5. The fourth-order valence-electron chi connectivity index (χ4n) is 3.83. The quantitative estimate of drug-likeness (QED) is 0.688. The largest absolute Gasteiger partial charge is 0.336 e. The molecule has 8 heteroatoms. The summed E-state index contributed by atoms with van der Waals surface area (Å²) in [5.74, 6) is -0.0661. The average molecular weight is 415 g/mol. The van der Waals surface area contributed by atoms with E-state index in [2.05, 4.69) is 41.5 Å². The number of nitrogens with zero attached hydrogens (tertiary/aromatic N) is 4. The zero-order chi connectivity index (χ0) is 19.8. The summed E-state index contributed by atoms with van der Waals surface area (Å²) in [5.41, 5.74) is 7.87. The van der Waals surface area contributed by atoms with Crippen molar-refractivity contribution in [2.24, 2.45) is 0 Å². The third-order valence-electron chi connectivity index (χ3n) is 5.54. The van der Waals surface area contributed by atoms with E-state index in [0.717, 1.165) is 46.9 Å². The first-order valence-corrected chi connectivity index (χ1v) is 9.60. The van der Waals surface area contributed by atoms with Crippen molar-refractivity contribution in [2.45, 2.75) is 40.3 Å². The normalized spacial score (nSPS) is 13.0. The van der Waals surface area contributed by atoms with E-state index in [4.69, 9.17) is 5.10 Å². The first-order valence-electron chi connectivity index (χ1n) is 9.60. The van der Waals surface area contributed by atoms with Crippen LogP contribution < -0.4 is 5.32 Å². The highest BCUT2D eigenvalue weighted by Gasteiger charge is 2.25. The van der Waals surface area contributed by atoms with Gasteiger partial charge in [0.2, 0.25) is 0 Å². The molecule has 2 aromatic heterocycles. The maximum Gasteiger partial charge on any atom is 0.274 e. The van der Waals surface area contributed by atoms with Crippen LogP contribution in [-0.2, 0) is 19.5 Å². The van der Waals surface area contributed by atoms with E-state index in [9.17, 15) is 4.79 Å². The molecule has 2 N–H and O–H groups in total. The van der Waals surface area contributed by atoms with Crippen LogP contribution in [0.5, 0.6) is 0 Å². The van der Waals surface area contributed by atoms with Crippen molar-refractivity contribution in [3.8, 4) is 5.69 Å². The molecule has 0 radical (unpaired) electrons. The number of carbonyl (C=O) groups is 1. The molecule has 1 aromatic carbocycles. The summed E-state index contributed by atoms with van der Waals surface area (Å²) < 4.78 is 1.97. The summed E-state index contributed by atoms with van der Waals surface area (Å²) in [6.45, 7) is 8.22. The van der Waals surface area contributed by atoms with Crippen LogP contribution in [0.2, 0.25) is 0 Å². The highest BCUT2D eigenvalue weighted by atomic mass is 35.5. The standard InChI is InChI=1S/C21H26N6O.ClH/c1-13-7-5-6-8-19(13)27-15(3)17(14(2)25-27)12-26(4)21(28)20-16-11-22-10-9-18(16)23-24-20;/h5-8,22H,9-12H2,1-4H3,(H,23,24);1H. The molecule has 0 fully saturated rings. The lowest BCUT2D eigenvalue weighted by molar-refractivity contribution is 0.0777.